The standard InChI is InChI=1S/C23H29N3O2/c27-23(18-6-2-1-3-7-18)25-20-12-10-19(11-13-20)24-21-8-4-5-9-22(21)26-14-16-28-17-15-26/h4-5,8-13,18,24H,1-3,6-7,14-17H2,(H,25,27). The maximum atomic E-state index is 12.4. The van der Waals surface area contributed by atoms with Crippen LogP contribution in [0.1, 0.15) is 32.1 Å². The van der Waals surface area contributed by atoms with Crippen LogP contribution in [-0.4, -0.2) is 32.2 Å². The van der Waals surface area contributed by atoms with E-state index in [1.54, 1.807) is 0 Å². The number of benzene rings is 2. The monoisotopic (exact) mass is 379 g/mol. The maximum Gasteiger partial charge on any atom is 0.227 e. The average molecular weight is 380 g/mol. The van der Waals surface area contributed by atoms with E-state index in [2.05, 4.69) is 33.7 Å². The fourth-order valence-corrected chi connectivity index (χ4v) is 4.06. The number of ether oxygens (including phenoxy) is 1. The van der Waals surface area contributed by atoms with Gasteiger partial charge < -0.3 is 20.3 Å². The zero-order valence-corrected chi connectivity index (χ0v) is 16.3. The molecule has 28 heavy (non-hydrogen) atoms. The number of morpholine rings is 1. The molecule has 148 valence electrons. The quantitative estimate of drug-likeness (QED) is 0.785. The Balaban J connectivity index is 1.40. The van der Waals surface area contributed by atoms with E-state index in [4.69, 9.17) is 4.74 Å². The molecule has 0 spiro atoms. The van der Waals surface area contributed by atoms with Crippen molar-refractivity contribution in [2.24, 2.45) is 5.92 Å². The topological polar surface area (TPSA) is 53.6 Å². The Morgan fingerprint density at radius 1 is 0.893 bits per heavy atom. The van der Waals surface area contributed by atoms with Crippen LogP contribution in [0.2, 0.25) is 0 Å². The van der Waals surface area contributed by atoms with Gasteiger partial charge in [-0.2, -0.15) is 0 Å². The number of hydrogen-bond acceptors (Lipinski definition) is 4. The first kappa shape index (κ1) is 18.8. The Kier molecular flexibility index (Phi) is 6.12. The van der Waals surface area contributed by atoms with E-state index in [1.165, 1.54) is 24.9 Å². The van der Waals surface area contributed by atoms with Crippen LogP contribution in [0.4, 0.5) is 22.7 Å². The number of hydrogen-bond donors (Lipinski definition) is 2. The lowest BCUT2D eigenvalue weighted by Crippen LogP contribution is -2.36. The summed E-state index contributed by atoms with van der Waals surface area (Å²) in [6.07, 6.45) is 5.64. The van der Waals surface area contributed by atoms with E-state index in [0.29, 0.717) is 0 Å². The second-order valence-electron chi connectivity index (χ2n) is 7.64. The SMILES string of the molecule is O=C(Nc1ccc(Nc2ccccc2N2CCOCC2)cc1)C1CCCCC1. The molecular weight excluding hydrogens is 350 g/mol. The predicted octanol–water partition coefficient (Wildman–Crippen LogP) is 4.79. The van der Waals surface area contributed by atoms with Crippen LogP contribution in [0.3, 0.4) is 0 Å². The Labute approximate surface area is 167 Å². The summed E-state index contributed by atoms with van der Waals surface area (Å²) in [6, 6.07) is 16.3. The minimum atomic E-state index is 0.165. The van der Waals surface area contributed by atoms with Crippen molar-refractivity contribution in [3.8, 4) is 0 Å². The molecule has 2 aromatic carbocycles. The number of carbonyl (C=O) groups is 1. The van der Waals surface area contributed by atoms with Gasteiger partial charge in [0.05, 0.1) is 24.6 Å². The number of nitrogens with one attached hydrogen (secondary N) is 2. The highest BCUT2D eigenvalue weighted by Gasteiger charge is 2.21. The molecule has 0 unspecified atom stereocenters. The summed E-state index contributed by atoms with van der Waals surface area (Å²) in [5.41, 5.74) is 4.16. The van der Waals surface area contributed by atoms with E-state index >= 15 is 0 Å². The number of carbonyl (C=O) groups excluding carboxylic acids is 1. The summed E-state index contributed by atoms with van der Waals surface area (Å²) in [6.45, 7) is 3.35. The summed E-state index contributed by atoms with van der Waals surface area (Å²) >= 11 is 0. The van der Waals surface area contributed by atoms with E-state index in [9.17, 15) is 4.79 Å². The van der Waals surface area contributed by atoms with Crippen molar-refractivity contribution in [2.45, 2.75) is 32.1 Å². The van der Waals surface area contributed by atoms with Gasteiger partial charge in [0.25, 0.3) is 0 Å². The van der Waals surface area contributed by atoms with Crippen molar-refractivity contribution in [1.29, 1.82) is 0 Å². The lowest BCUT2D eigenvalue weighted by molar-refractivity contribution is -0.120. The van der Waals surface area contributed by atoms with E-state index < -0.39 is 0 Å². The van der Waals surface area contributed by atoms with Crippen LogP contribution in [0.5, 0.6) is 0 Å². The third kappa shape index (κ3) is 4.65. The molecule has 0 atom stereocenters. The van der Waals surface area contributed by atoms with Crippen LogP contribution < -0.4 is 15.5 Å². The Morgan fingerprint density at radius 2 is 1.57 bits per heavy atom. The zero-order valence-electron chi connectivity index (χ0n) is 16.3. The van der Waals surface area contributed by atoms with E-state index in [-0.39, 0.29) is 11.8 Å². The van der Waals surface area contributed by atoms with Crippen LogP contribution in [0, 0.1) is 5.92 Å². The smallest absolute Gasteiger partial charge is 0.227 e. The van der Waals surface area contributed by atoms with Gasteiger partial charge in [-0.25, -0.2) is 0 Å². The van der Waals surface area contributed by atoms with Gasteiger partial charge >= 0.3 is 0 Å². The summed E-state index contributed by atoms with van der Waals surface area (Å²) in [5, 5.41) is 6.60. The van der Waals surface area contributed by atoms with Crippen molar-refractivity contribution in [3.05, 3.63) is 48.5 Å². The summed E-state index contributed by atoms with van der Waals surface area (Å²) < 4.78 is 5.47. The minimum Gasteiger partial charge on any atom is -0.378 e. The van der Waals surface area contributed by atoms with Gasteiger partial charge in [0.2, 0.25) is 5.91 Å². The second-order valence-corrected chi connectivity index (χ2v) is 7.64. The first-order valence-corrected chi connectivity index (χ1v) is 10.4. The fraction of sp³-hybridized carbons (Fsp3) is 0.435. The molecule has 1 amide bonds. The molecule has 2 aliphatic rings. The third-order valence-electron chi connectivity index (χ3n) is 5.66. The maximum absolute atomic E-state index is 12.4. The molecule has 0 radical (unpaired) electrons. The fourth-order valence-electron chi connectivity index (χ4n) is 4.06. The highest BCUT2D eigenvalue weighted by molar-refractivity contribution is 5.92. The molecule has 2 fully saturated rings. The van der Waals surface area contributed by atoms with Crippen molar-refractivity contribution < 1.29 is 9.53 Å². The molecule has 5 heteroatoms. The Hall–Kier alpha value is -2.53. The molecule has 1 saturated carbocycles. The molecule has 2 aromatic rings. The average Bonchev–Trinajstić information content (AvgIpc) is 2.77. The molecule has 1 heterocycles. The highest BCUT2D eigenvalue weighted by atomic mass is 16.5. The molecule has 1 aliphatic carbocycles. The number of amides is 1. The van der Waals surface area contributed by atoms with E-state index in [1.807, 2.05) is 30.3 Å². The van der Waals surface area contributed by atoms with Gasteiger partial charge in [0, 0.05) is 30.4 Å². The summed E-state index contributed by atoms with van der Waals surface area (Å²) in [5.74, 6) is 0.338. The van der Waals surface area contributed by atoms with Gasteiger partial charge in [-0.1, -0.05) is 31.4 Å². The first-order chi connectivity index (χ1) is 13.8. The number of nitrogens with zero attached hydrogens (tertiary/aromatic N) is 1. The van der Waals surface area contributed by atoms with Crippen LogP contribution in [0.25, 0.3) is 0 Å². The normalized spacial score (nSPS) is 17.9. The molecular formula is C23H29N3O2. The van der Waals surface area contributed by atoms with Crippen molar-refractivity contribution in [3.63, 3.8) is 0 Å². The third-order valence-corrected chi connectivity index (χ3v) is 5.66. The molecule has 4 rings (SSSR count). The van der Waals surface area contributed by atoms with Crippen LogP contribution in [-0.2, 0) is 9.53 Å². The number of rotatable bonds is 5. The molecule has 2 N–H and O–H groups in total. The predicted molar refractivity (Wildman–Crippen MR) is 114 cm³/mol. The van der Waals surface area contributed by atoms with Crippen LogP contribution in [0.15, 0.2) is 48.5 Å². The Bertz CT molecular complexity index is 779. The number of anilines is 4. The summed E-state index contributed by atoms with van der Waals surface area (Å²) in [7, 11) is 0. The van der Waals surface area contributed by atoms with Crippen molar-refractivity contribution in [1.82, 2.24) is 0 Å². The van der Waals surface area contributed by atoms with Gasteiger partial charge in [-0.15, -0.1) is 0 Å². The molecule has 1 saturated heterocycles. The summed E-state index contributed by atoms with van der Waals surface area (Å²) in [4.78, 5) is 14.8. The van der Waals surface area contributed by atoms with Crippen molar-refractivity contribution in [2.75, 3.05) is 41.8 Å². The first-order valence-electron chi connectivity index (χ1n) is 10.4. The lowest BCUT2D eigenvalue weighted by atomic mass is 9.88. The molecule has 5 nitrogen and oxygen atoms in total. The lowest BCUT2D eigenvalue weighted by Gasteiger charge is -2.30. The largest absolute Gasteiger partial charge is 0.378 e. The second kappa shape index (κ2) is 9.11. The van der Waals surface area contributed by atoms with Crippen molar-refractivity contribution >= 4 is 28.7 Å². The number of para-hydroxylation sites is 2. The van der Waals surface area contributed by atoms with Gasteiger partial charge in [-0.05, 0) is 49.2 Å². The minimum absolute atomic E-state index is 0.165. The van der Waals surface area contributed by atoms with Gasteiger partial charge in [0.15, 0.2) is 0 Å². The van der Waals surface area contributed by atoms with Gasteiger partial charge in [-0.3, -0.25) is 4.79 Å². The molecule has 0 aromatic heterocycles. The molecule has 0 bridgehead atoms. The van der Waals surface area contributed by atoms with Crippen LogP contribution >= 0.6 is 0 Å². The molecule has 1 aliphatic heterocycles. The van der Waals surface area contributed by atoms with Gasteiger partial charge in [0.1, 0.15) is 0 Å². The van der Waals surface area contributed by atoms with E-state index in [0.717, 1.165) is 56.2 Å². The highest BCUT2D eigenvalue weighted by Crippen LogP contribution is 2.30. The Morgan fingerprint density at radius 3 is 2.32 bits per heavy atom. The zero-order chi connectivity index (χ0) is 19.2.